The van der Waals surface area contributed by atoms with Crippen molar-refractivity contribution in [1.29, 1.82) is 0 Å². The Morgan fingerprint density at radius 2 is 1.06 bits per heavy atom. The molecule has 25 N–H and O–H groups in total. The maximum atomic E-state index is 14.5. The molecule has 8 aliphatic heterocycles. The fraction of sp³-hybridized carbons (Fsp3) is 0.526. The molecule has 680 valence electrons. The van der Waals surface area contributed by atoms with Gasteiger partial charge in [-0.15, -0.1) is 35.3 Å². The number of carbonyl (C=O) groups is 16. The third-order valence-electron chi connectivity index (χ3n) is 22.1. The van der Waals surface area contributed by atoms with Crippen LogP contribution >= 0.6 is 35.3 Å². The molecular formula is C76H98N22O25S3. The summed E-state index contributed by atoms with van der Waals surface area (Å²) in [5.74, 6) is -13.5. The van der Waals surface area contributed by atoms with Crippen LogP contribution in [0.3, 0.4) is 0 Å². The lowest BCUT2D eigenvalue weighted by molar-refractivity contribution is -0.159. The number of carbonyl (C=O) groups excluding carboxylic acids is 13. The van der Waals surface area contributed by atoms with Crippen LogP contribution in [0, 0.1) is 20.8 Å². The first-order valence-electron chi connectivity index (χ1n) is 39.6. The quantitative estimate of drug-likeness (QED) is 0.0331. The maximum Gasteiger partial charge on any atom is 0.327 e. The fourth-order valence-electron chi connectivity index (χ4n) is 15.9. The van der Waals surface area contributed by atoms with Crippen molar-refractivity contribution in [2.45, 2.75) is 223 Å². The Kier molecular flexibility index (Phi) is 28.7. The Morgan fingerprint density at radius 3 is 1.52 bits per heavy atom. The molecule has 47 nitrogen and oxygen atoms in total. The molecule has 50 heteroatoms. The number of aliphatic carboxylic acids is 3. The van der Waals surface area contributed by atoms with Crippen molar-refractivity contribution < 1.29 is 121 Å². The van der Waals surface area contributed by atoms with Crippen LogP contribution in [0.1, 0.15) is 158 Å². The number of amides is 14. The summed E-state index contributed by atoms with van der Waals surface area (Å²) in [6, 6.07) is -16.2. The van der Waals surface area contributed by atoms with E-state index in [1.165, 1.54) is 63.8 Å². The van der Waals surface area contributed by atoms with E-state index in [0.29, 0.717) is 55.1 Å². The number of aromatic nitrogens is 3. The molecule has 0 unspecified atom stereocenters. The van der Waals surface area contributed by atoms with Gasteiger partial charge in [-0.1, -0.05) is 45.9 Å². The van der Waals surface area contributed by atoms with E-state index >= 15 is 0 Å². The van der Waals surface area contributed by atoms with Crippen molar-refractivity contribution in [2.75, 3.05) is 26.3 Å². The van der Waals surface area contributed by atoms with Gasteiger partial charge in [0.2, 0.25) is 47.3 Å². The topological polar surface area (TPSA) is 731 Å². The second-order valence-electron chi connectivity index (χ2n) is 32.3. The first-order valence-corrected chi connectivity index (χ1v) is 42.3. The molecule has 7 saturated heterocycles. The predicted octanol–water partition coefficient (Wildman–Crippen LogP) is -4.89. The molecule has 126 heavy (non-hydrogen) atoms. The Bertz CT molecular complexity index is 5130. The highest BCUT2D eigenvalue weighted by atomic mass is 32.2. The molecule has 14 amide bonds. The minimum atomic E-state index is -1.78. The highest BCUT2D eigenvalue weighted by Gasteiger charge is 2.67. The number of aliphatic imine (C=N–C) groups is 1. The number of β-lactam (4-membered cyclic amide) rings is 3. The molecule has 0 aromatic carbocycles. The molecule has 3 aromatic heterocycles. The summed E-state index contributed by atoms with van der Waals surface area (Å²) in [5, 5.41) is 97.0. The van der Waals surface area contributed by atoms with Crippen molar-refractivity contribution in [1.82, 2.24) is 88.7 Å². The predicted molar refractivity (Wildman–Crippen MR) is 444 cm³/mol. The normalized spacial score (nSPS) is 29.7. The number of fused-ring (bicyclic) bond motifs is 3. The number of hydrogen-bond donors (Lipinski definition) is 21. The molecule has 1 aliphatic carbocycles. The summed E-state index contributed by atoms with van der Waals surface area (Å²) in [4.78, 5) is 218. The lowest BCUT2D eigenvalue weighted by Gasteiger charge is -2.43. The number of carboxylic acid groups (broad SMARTS) is 3. The van der Waals surface area contributed by atoms with Crippen LogP contribution in [0.2, 0.25) is 0 Å². The van der Waals surface area contributed by atoms with Crippen LogP contribution in [-0.2, 0) is 57.5 Å². The number of nitrogens with zero attached hydrogens (tertiary/aromatic N) is 7. The summed E-state index contributed by atoms with van der Waals surface area (Å²) in [6.45, 7) is 12.6. The average molecular weight is 1820 g/mol. The third-order valence-corrected chi connectivity index (χ3v) is 26.8. The number of rotatable bonds is 22. The zero-order chi connectivity index (χ0) is 92.4. The van der Waals surface area contributed by atoms with E-state index in [1.807, 2.05) is 17.5 Å². The Labute approximate surface area is 729 Å². The van der Waals surface area contributed by atoms with E-state index in [-0.39, 0.29) is 82.7 Å². The van der Waals surface area contributed by atoms with Gasteiger partial charge in [-0.2, -0.15) is 0 Å². The van der Waals surface area contributed by atoms with Crippen LogP contribution in [0.4, 0.5) is 4.79 Å². The Hall–Kier alpha value is -12.2. The zero-order valence-electron chi connectivity index (χ0n) is 69.3. The van der Waals surface area contributed by atoms with E-state index in [0.717, 1.165) is 0 Å². The third kappa shape index (κ3) is 19.7. The summed E-state index contributed by atoms with van der Waals surface area (Å²) in [6.07, 6.45) is 9.36. The summed E-state index contributed by atoms with van der Waals surface area (Å²) in [5.41, 5.74) is 23.1. The first-order chi connectivity index (χ1) is 59.3. The molecule has 11 heterocycles. The highest BCUT2D eigenvalue weighted by molar-refractivity contribution is 8.02. The van der Waals surface area contributed by atoms with Crippen LogP contribution in [0.25, 0.3) is 16.7 Å². The smallest absolute Gasteiger partial charge is 0.327 e. The van der Waals surface area contributed by atoms with Crippen LogP contribution in [-0.4, -0.2) is 297 Å². The minimum absolute atomic E-state index is 0.0177. The largest absolute Gasteiger partial charge is 0.480 e. The van der Waals surface area contributed by atoms with Crippen molar-refractivity contribution >= 4 is 153 Å². The standard InChI is InChI=1S/C51H55N9O15S3.C25H43N13O10/c1-19-25(37(61)52-31-40(64)58-34(46(67)68)49(4,5)76-43(31)58)28(55-73-19)22-13-11-10-12-14-23(29-26(20(2)74-56-29)38(62)53-32-41(65)59-35(47(69)70)50(6,7)77-44(32)59)16-18-24(17-15-22)30-27(21(3)75-57-30)39(63)54-33-42(66)60-36(48(71)72)51(8,9)78-45(33)60;26-3-1-2-10(27)4-16(41)32-12-6-30-23(47)18(11-5-17(42)37-24(28)36-11)38-20(44)13(7-31-25(29)48)33-21(45)14(8-39)35-22(46)15(9-40)34-19(12)43/h11,13-15,18,31-36,43-45H,10,12,16-17H2,1-9H3,(H,52,61)(H,53,62)(H,54,63)(H,67,68)(H,69,70)(H,71,72);7,10-12,14-15,17-18,39-40,42H,1-6,8-9,26-27H2,(H,30,47)(H,32,41)(H,33,45)(H,34,43)(H,35,46)(H,38,44)(H3,28,36,37)(H3,29,31,48)/b13-11-,22-15+,23-14+,24-18+;13-7-/t31-,32-,33-,34+,35+,36+,43-,44-,45-;10-,11+,12-,14-,15-,17-,18-/m10/s1. The van der Waals surface area contributed by atoms with Gasteiger partial charge in [0.25, 0.3) is 23.6 Å². The number of hydrogen-bond acceptors (Lipinski definition) is 33. The van der Waals surface area contributed by atoms with Crippen molar-refractivity contribution in [3.05, 3.63) is 93.3 Å². The van der Waals surface area contributed by atoms with Gasteiger partial charge in [0.05, 0.1) is 19.3 Å². The van der Waals surface area contributed by atoms with Crippen molar-refractivity contribution in [3.8, 4) is 0 Å². The van der Waals surface area contributed by atoms with Gasteiger partial charge < -0.3 is 140 Å². The molecule has 0 radical (unpaired) electrons. The first kappa shape index (κ1) is 94.4. The van der Waals surface area contributed by atoms with Crippen LogP contribution < -0.4 is 81.4 Å². The molecule has 0 spiro atoms. The molecule has 3 aromatic rings. The van der Waals surface area contributed by atoms with Gasteiger partial charge in [-0.25, -0.2) is 24.2 Å². The molecular weight excluding hydrogens is 1720 g/mol. The van der Waals surface area contributed by atoms with Gasteiger partial charge in [-0.05, 0) is 119 Å². The lowest BCUT2D eigenvalue weighted by atomic mass is 9.93. The van der Waals surface area contributed by atoms with Gasteiger partial charge >= 0.3 is 23.9 Å². The fourth-order valence-corrected chi connectivity index (χ4v) is 20.8. The molecule has 0 saturated carbocycles. The SMILES string of the molecule is Cc1onc(C2=C/C/C(c3noc(C)c3C(=O)N[C@@H]3C(=O)N4[C@@H]3SC(C)(C)[C@@H]4C(=O)O)=C\C/C(c3noc(C)c3C(=O)N[C@@H]3C(=O)N4[C@@H]3SC(C)(C)[C@@H]4C(=O)O)=C\CC/C=C\2)c1C(=O)N[C@@H]1C(=O)N2[C@@H]1SC(C)(C)[C@@H]2C(=O)O.NCCC[C@H](N)CC(=O)N[C@H]1CNC(=O)[C@H]([C@H]2C[C@H](O)NC(N)=N2)NC(=O)/C(=C/NC(N)=O)NC(=O)[C@H](CO)NC(=O)[C@H](CO)NC1=O. The van der Waals surface area contributed by atoms with Crippen LogP contribution in [0.15, 0.2) is 60.8 Å². The summed E-state index contributed by atoms with van der Waals surface area (Å²) in [7, 11) is 0. The number of thioether (sulfide) groups is 3. The van der Waals surface area contributed by atoms with Gasteiger partial charge in [-0.3, -0.25) is 57.5 Å². The number of nitrogens with one attached hydrogen (secondary N) is 11. The second kappa shape index (κ2) is 38.3. The number of nitrogens with two attached hydrogens (primary N) is 4. The number of aliphatic hydroxyl groups is 3. The Morgan fingerprint density at radius 1 is 0.611 bits per heavy atom. The van der Waals surface area contributed by atoms with Crippen LogP contribution in [0.5, 0.6) is 0 Å². The maximum absolute atomic E-state index is 14.5. The Balaban J connectivity index is 0.000000277. The highest BCUT2D eigenvalue weighted by Crippen LogP contribution is 2.54. The van der Waals surface area contributed by atoms with E-state index in [4.69, 9.17) is 36.5 Å². The van der Waals surface area contributed by atoms with Gasteiger partial charge in [0.1, 0.15) is 140 Å². The minimum Gasteiger partial charge on any atom is -0.480 e. The number of guanidine groups is 1. The number of carboxylic acids is 3. The molecule has 9 aliphatic rings. The van der Waals surface area contributed by atoms with E-state index in [1.54, 1.807) is 66.7 Å². The van der Waals surface area contributed by atoms with Gasteiger partial charge in [0.15, 0.2) is 5.96 Å². The van der Waals surface area contributed by atoms with Crippen molar-refractivity contribution in [3.63, 3.8) is 0 Å². The number of allylic oxidation sites excluding steroid dienone is 8. The van der Waals surface area contributed by atoms with E-state index in [9.17, 15) is 107 Å². The second-order valence-corrected chi connectivity index (χ2v) is 37.6. The molecule has 0 bridgehead atoms. The molecule has 12 rings (SSSR count). The zero-order valence-corrected chi connectivity index (χ0v) is 71.7. The summed E-state index contributed by atoms with van der Waals surface area (Å²) < 4.78 is 14.4. The average Bonchev–Trinajstić information content (AvgIpc) is 1.57. The summed E-state index contributed by atoms with van der Waals surface area (Å²) >= 11 is 3.81. The monoisotopic (exact) mass is 1810 g/mol. The van der Waals surface area contributed by atoms with Gasteiger partial charge in [0, 0.05) is 51.4 Å². The number of primary amides is 1. The molecule has 7 fully saturated rings. The van der Waals surface area contributed by atoms with E-state index in [2.05, 4.69) is 73.6 Å². The van der Waals surface area contributed by atoms with Crippen molar-refractivity contribution in [2.24, 2.45) is 27.9 Å². The molecule has 16 atom stereocenters. The number of urea groups is 1. The lowest BCUT2D eigenvalue weighted by Crippen LogP contribution is -2.70. The number of aryl methyl sites for hydroxylation is 3. The van der Waals surface area contributed by atoms with E-state index < -0.39 is 229 Å². The number of aliphatic hydroxyl groups excluding tert-OH is 3.